The van der Waals surface area contributed by atoms with Gasteiger partial charge in [0.15, 0.2) is 0 Å². The lowest BCUT2D eigenvalue weighted by atomic mass is 10.0. The lowest BCUT2D eigenvalue weighted by molar-refractivity contribution is -0.142. The van der Waals surface area contributed by atoms with Crippen molar-refractivity contribution in [2.24, 2.45) is 29.0 Å². The van der Waals surface area contributed by atoms with E-state index in [1.807, 2.05) is 13.8 Å². The molecule has 2 aromatic carbocycles. The maximum atomic E-state index is 14.3. The van der Waals surface area contributed by atoms with E-state index in [4.69, 9.17) is 17.2 Å². The largest absolute Gasteiger partial charge is 0.508 e. The van der Waals surface area contributed by atoms with Crippen molar-refractivity contribution in [2.75, 3.05) is 19.8 Å². The standard InChI is InChI=1S/C63H92N16O20/c1-30(2)20-41(56(91)76-46(27-80)58(93)70-40(17-18-49(65)85)54(89)71-43(25-50(66)86)57(92)77-47(28-81)59(94)75-45(63(98)99)24-36-26-67-29-68-36)73-61(96)51(33(6)82)78-52(87)32(5)69-55(90)42(23-35-11-15-38(84)16-12-35)72-60(95)48-8-7-19-79(48)62(97)44(21-31(3)4)74-53(88)39(64)22-34-9-13-37(83)14-10-34/h9-16,26,29-33,39-48,51,80-84H,7-8,17-25,27-28,64H2,1-6H3,(H2,65,85)(H2,66,86)(H,67,68)(H,69,90)(H,70,93)(H,71,89)(H,72,95)(H,73,96)(H,74,88)(H,75,94)(H,76,91)(H,77,92)(H,78,87)(H,98,99)/t32-,33+,39-,40-,41-,42-,43-,44-,45-,46-,47-,48-,51-/m0/s1. The molecule has 0 radical (unpaired) electrons. The number of nitrogens with one attached hydrogen (secondary N) is 11. The number of phenolic OH excluding ortho intramolecular Hbond substituents is 2. The second kappa shape index (κ2) is 39.2. The summed E-state index contributed by atoms with van der Waals surface area (Å²) < 4.78 is 0. The van der Waals surface area contributed by atoms with Gasteiger partial charge in [0.2, 0.25) is 76.8 Å². The Kier molecular flexibility index (Phi) is 32.1. The number of imidazole rings is 1. The third-order valence-corrected chi connectivity index (χ3v) is 15.6. The number of aliphatic carboxylic acids is 1. The highest BCUT2D eigenvalue weighted by atomic mass is 16.4. The van der Waals surface area contributed by atoms with Crippen LogP contribution < -0.4 is 70.4 Å². The number of nitrogens with zero attached hydrogens (tertiary/aromatic N) is 2. The first-order valence-corrected chi connectivity index (χ1v) is 31.9. The molecule has 13 atom stereocenters. The summed E-state index contributed by atoms with van der Waals surface area (Å²) in [4.78, 5) is 196. The number of aliphatic hydroxyl groups excluding tert-OH is 3. The van der Waals surface area contributed by atoms with E-state index in [0.29, 0.717) is 23.2 Å². The van der Waals surface area contributed by atoms with Crippen LogP contribution in [0.1, 0.15) is 103 Å². The number of nitrogens with two attached hydrogens (primary N) is 3. The number of carboxylic acids is 1. The summed E-state index contributed by atoms with van der Waals surface area (Å²) in [5.41, 5.74) is 18.3. The molecule has 99 heavy (non-hydrogen) atoms. The Bertz CT molecular complexity index is 3300. The normalized spacial score (nSPS) is 16.4. The van der Waals surface area contributed by atoms with Crippen molar-refractivity contribution in [3.05, 3.63) is 77.9 Å². The van der Waals surface area contributed by atoms with E-state index in [9.17, 15) is 97.8 Å². The highest BCUT2D eigenvalue weighted by molar-refractivity contribution is 6.00. The van der Waals surface area contributed by atoms with Crippen LogP contribution in [0.3, 0.4) is 0 Å². The molecule has 0 spiro atoms. The Balaban J connectivity index is 1.46. The van der Waals surface area contributed by atoms with Crippen molar-refractivity contribution in [1.29, 1.82) is 0 Å². The van der Waals surface area contributed by atoms with Gasteiger partial charge in [0.05, 0.1) is 38.1 Å². The fourth-order valence-electron chi connectivity index (χ4n) is 10.4. The van der Waals surface area contributed by atoms with Gasteiger partial charge in [-0.1, -0.05) is 52.0 Å². The first kappa shape index (κ1) is 81.1. The fraction of sp³-hybridized carbons (Fsp3) is 0.540. The van der Waals surface area contributed by atoms with Crippen molar-refractivity contribution < 1.29 is 97.8 Å². The zero-order chi connectivity index (χ0) is 74.0. The van der Waals surface area contributed by atoms with Crippen LogP contribution in [0.25, 0.3) is 0 Å². The number of amides is 13. The summed E-state index contributed by atoms with van der Waals surface area (Å²) in [7, 11) is 0. The van der Waals surface area contributed by atoms with E-state index < -0.39 is 200 Å². The van der Waals surface area contributed by atoms with Gasteiger partial charge >= 0.3 is 5.97 Å². The zero-order valence-corrected chi connectivity index (χ0v) is 55.7. The second-order valence-electron chi connectivity index (χ2n) is 24.9. The molecule has 3 aromatic rings. The number of aromatic hydroxyl groups is 2. The van der Waals surface area contributed by atoms with Gasteiger partial charge in [-0.05, 0) is 99.6 Å². The second-order valence-corrected chi connectivity index (χ2v) is 24.9. The fourth-order valence-corrected chi connectivity index (χ4v) is 10.4. The van der Waals surface area contributed by atoms with Crippen LogP contribution in [-0.4, -0.2) is 227 Å². The van der Waals surface area contributed by atoms with E-state index >= 15 is 0 Å². The van der Waals surface area contributed by atoms with E-state index in [1.165, 1.54) is 60.7 Å². The summed E-state index contributed by atoms with van der Waals surface area (Å²) in [6.45, 7) is 7.10. The number of carbonyl (C=O) groups is 14. The minimum absolute atomic E-state index is 0.0215. The lowest BCUT2D eigenvalue weighted by Crippen LogP contribution is -2.62. The van der Waals surface area contributed by atoms with Gasteiger partial charge in [0, 0.05) is 37.7 Å². The molecule has 2 heterocycles. The average molecular weight is 1390 g/mol. The molecule has 1 saturated heterocycles. The number of hydrogen-bond donors (Lipinski definition) is 20. The molecular weight excluding hydrogens is 1300 g/mol. The van der Waals surface area contributed by atoms with Gasteiger partial charge in [-0.3, -0.25) is 62.3 Å². The summed E-state index contributed by atoms with van der Waals surface area (Å²) in [6, 6.07) is -7.22. The van der Waals surface area contributed by atoms with Crippen LogP contribution in [0.2, 0.25) is 0 Å². The minimum atomic E-state index is -1.96. The number of aromatic nitrogens is 2. The summed E-state index contributed by atoms with van der Waals surface area (Å²) in [5.74, 6) is -15.7. The Morgan fingerprint density at radius 1 is 0.545 bits per heavy atom. The number of aliphatic hydroxyl groups is 3. The first-order valence-electron chi connectivity index (χ1n) is 31.9. The molecule has 0 saturated carbocycles. The van der Waals surface area contributed by atoms with Gasteiger partial charge in [-0.25, -0.2) is 9.78 Å². The predicted molar refractivity (Wildman–Crippen MR) is 348 cm³/mol. The Morgan fingerprint density at radius 2 is 1.02 bits per heavy atom. The summed E-state index contributed by atoms with van der Waals surface area (Å²) in [5, 5.41) is 84.1. The Hall–Kier alpha value is -10.3. The van der Waals surface area contributed by atoms with Gasteiger partial charge in [0.1, 0.15) is 78.0 Å². The number of hydrogen-bond acceptors (Lipinski definition) is 21. The smallest absolute Gasteiger partial charge is 0.326 e. The third kappa shape index (κ3) is 26.6. The molecule has 0 unspecified atom stereocenters. The molecule has 0 aliphatic carbocycles. The highest BCUT2D eigenvalue weighted by Crippen LogP contribution is 2.22. The van der Waals surface area contributed by atoms with Crippen LogP contribution >= 0.6 is 0 Å². The summed E-state index contributed by atoms with van der Waals surface area (Å²) in [6.07, 6.45) is -1.24. The molecule has 4 rings (SSSR count). The Labute approximate surface area is 569 Å². The van der Waals surface area contributed by atoms with Crippen molar-refractivity contribution in [1.82, 2.24) is 68.0 Å². The number of carbonyl (C=O) groups excluding carboxylic acids is 13. The molecule has 544 valence electrons. The van der Waals surface area contributed by atoms with Gasteiger partial charge in [0.25, 0.3) is 0 Å². The number of phenols is 2. The number of rotatable bonds is 40. The Morgan fingerprint density at radius 3 is 1.53 bits per heavy atom. The minimum Gasteiger partial charge on any atom is -0.508 e. The van der Waals surface area contributed by atoms with Crippen LogP contribution in [0.15, 0.2) is 61.1 Å². The molecule has 1 aromatic heterocycles. The molecule has 36 nitrogen and oxygen atoms in total. The third-order valence-electron chi connectivity index (χ3n) is 15.6. The molecule has 36 heteroatoms. The lowest BCUT2D eigenvalue weighted by Gasteiger charge is -2.31. The van der Waals surface area contributed by atoms with E-state index in [1.54, 1.807) is 26.0 Å². The van der Waals surface area contributed by atoms with Crippen molar-refractivity contribution >= 4 is 82.8 Å². The van der Waals surface area contributed by atoms with Gasteiger partial charge in [-0.2, -0.15) is 0 Å². The molecule has 23 N–H and O–H groups in total. The number of carboxylic acid groups (broad SMARTS) is 1. The summed E-state index contributed by atoms with van der Waals surface area (Å²) >= 11 is 0. The number of likely N-dealkylation sites (tertiary alicyclic amines) is 1. The maximum absolute atomic E-state index is 14.3. The number of aromatic amines is 1. The van der Waals surface area contributed by atoms with Crippen molar-refractivity contribution in [3.8, 4) is 11.5 Å². The molecule has 1 aliphatic heterocycles. The quantitative estimate of drug-likeness (QED) is 0.0252. The first-order chi connectivity index (χ1) is 46.6. The van der Waals surface area contributed by atoms with Crippen LogP contribution in [0.5, 0.6) is 11.5 Å². The number of benzene rings is 2. The van der Waals surface area contributed by atoms with Crippen LogP contribution in [-0.2, 0) is 86.4 Å². The number of primary amides is 2. The van der Waals surface area contributed by atoms with Crippen molar-refractivity contribution in [3.63, 3.8) is 0 Å². The molecular formula is C63H92N16O20. The predicted octanol–water partition coefficient (Wildman–Crippen LogP) is -6.28. The van der Waals surface area contributed by atoms with Crippen LogP contribution in [0, 0.1) is 11.8 Å². The van der Waals surface area contributed by atoms with E-state index in [-0.39, 0.29) is 62.5 Å². The van der Waals surface area contributed by atoms with Crippen molar-refractivity contribution in [2.45, 2.75) is 184 Å². The van der Waals surface area contributed by atoms with E-state index in [0.717, 1.165) is 6.92 Å². The number of H-pyrrole nitrogens is 1. The van der Waals surface area contributed by atoms with Gasteiger partial charge in [-0.15, -0.1) is 0 Å². The van der Waals surface area contributed by atoms with E-state index in [2.05, 4.69) is 63.1 Å². The average Bonchev–Trinajstić information content (AvgIpc) is 1.73. The molecule has 1 fully saturated rings. The maximum Gasteiger partial charge on any atom is 0.326 e. The molecule has 13 amide bonds. The van der Waals surface area contributed by atoms with Gasteiger partial charge < -0.3 is 111 Å². The molecule has 0 bridgehead atoms. The molecule has 1 aliphatic rings. The zero-order valence-electron chi connectivity index (χ0n) is 55.7. The topological polar surface area (TPSA) is 591 Å². The highest BCUT2D eigenvalue weighted by Gasteiger charge is 2.41. The SMILES string of the molecule is CC(C)C[C@H](NC(=O)[C@@H](NC(=O)[C@H](C)NC(=O)[C@H](Cc1ccc(O)cc1)NC(=O)[C@@H]1CCCN1C(=O)[C@H](CC(C)C)NC(=O)[C@@H](N)Cc1ccc(O)cc1)[C@@H](C)O)C(=O)N[C@@H](CO)C(=O)N[C@@H](CCC(N)=O)C(=O)N[C@@H](CC(N)=O)C(=O)N[C@@H](CO)C(=O)N[C@@H](Cc1cnc[nH]1)C(=O)O. The van der Waals surface area contributed by atoms with Crippen LogP contribution in [0.4, 0.5) is 0 Å². The monoisotopic (exact) mass is 1390 g/mol.